The quantitative estimate of drug-likeness (QED) is 0.800. The van der Waals surface area contributed by atoms with E-state index in [1.54, 1.807) is 41.5 Å². The number of hydrogen-bond donors (Lipinski definition) is 2. The SMILES string of the molecule is CC(C)(C)OC(=O)NC1CN(C(=O)OC(C)(C)C)CC1C(=O)O. The zero-order valence-corrected chi connectivity index (χ0v) is 14.5. The van der Waals surface area contributed by atoms with Gasteiger partial charge in [-0.15, -0.1) is 0 Å². The summed E-state index contributed by atoms with van der Waals surface area (Å²) in [6, 6.07) is -0.727. The lowest BCUT2D eigenvalue weighted by atomic mass is 10.0. The molecule has 1 fully saturated rings. The fraction of sp³-hybridized carbons (Fsp3) is 0.800. The highest BCUT2D eigenvalue weighted by Crippen LogP contribution is 2.21. The van der Waals surface area contributed by atoms with E-state index >= 15 is 0 Å². The Hall–Kier alpha value is -1.99. The lowest BCUT2D eigenvalue weighted by Crippen LogP contribution is -2.45. The van der Waals surface area contributed by atoms with Crippen molar-refractivity contribution >= 4 is 18.2 Å². The maximum absolute atomic E-state index is 12.1. The van der Waals surface area contributed by atoms with Gasteiger partial charge in [0.15, 0.2) is 0 Å². The fourth-order valence-electron chi connectivity index (χ4n) is 2.13. The Morgan fingerprint density at radius 3 is 1.96 bits per heavy atom. The minimum absolute atomic E-state index is 0.0231. The van der Waals surface area contributed by atoms with Crippen molar-refractivity contribution in [3.8, 4) is 0 Å². The molecule has 2 unspecified atom stereocenters. The van der Waals surface area contributed by atoms with Crippen LogP contribution in [0.5, 0.6) is 0 Å². The van der Waals surface area contributed by atoms with Crippen molar-refractivity contribution in [2.75, 3.05) is 13.1 Å². The van der Waals surface area contributed by atoms with Crippen LogP contribution in [0.1, 0.15) is 41.5 Å². The van der Waals surface area contributed by atoms with Crippen LogP contribution in [-0.2, 0) is 14.3 Å². The van der Waals surface area contributed by atoms with Crippen LogP contribution in [0, 0.1) is 5.92 Å². The van der Waals surface area contributed by atoms with Crippen molar-refractivity contribution < 1.29 is 29.0 Å². The van der Waals surface area contributed by atoms with Gasteiger partial charge < -0.3 is 24.8 Å². The first-order valence-corrected chi connectivity index (χ1v) is 7.49. The number of amides is 2. The van der Waals surface area contributed by atoms with Crippen molar-refractivity contribution in [1.82, 2.24) is 10.2 Å². The van der Waals surface area contributed by atoms with Gasteiger partial charge in [0.25, 0.3) is 0 Å². The monoisotopic (exact) mass is 330 g/mol. The first-order chi connectivity index (χ1) is 10.3. The van der Waals surface area contributed by atoms with Crippen LogP contribution in [0.3, 0.4) is 0 Å². The summed E-state index contributed by atoms with van der Waals surface area (Å²) in [6.45, 7) is 10.4. The van der Waals surface area contributed by atoms with Crippen LogP contribution in [-0.4, -0.2) is 58.5 Å². The number of carbonyl (C=O) groups is 3. The summed E-state index contributed by atoms with van der Waals surface area (Å²) in [4.78, 5) is 36.5. The molecule has 1 aliphatic heterocycles. The second-order valence-corrected chi connectivity index (χ2v) is 7.58. The number of alkyl carbamates (subject to hydrolysis) is 1. The topological polar surface area (TPSA) is 105 Å². The lowest BCUT2D eigenvalue weighted by Gasteiger charge is -2.24. The maximum atomic E-state index is 12.1. The summed E-state index contributed by atoms with van der Waals surface area (Å²) >= 11 is 0. The Labute approximate surface area is 136 Å². The molecular weight excluding hydrogens is 304 g/mol. The van der Waals surface area contributed by atoms with Crippen molar-refractivity contribution in [3.63, 3.8) is 0 Å². The van der Waals surface area contributed by atoms with E-state index in [0.29, 0.717) is 0 Å². The van der Waals surface area contributed by atoms with E-state index in [9.17, 15) is 19.5 Å². The minimum Gasteiger partial charge on any atom is -0.481 e. The molecule has 8 nitrogen and oxygen atoms in total. The molecule has 0 aliphatic carbocycles. The van der Waals surface area contributed by atoms with E-state index in [1.807, 2.05) is 0 Å². The first kappa shape index (κ1) is 19.1. The van der Waals surface area contributed by atoms with Crippen LogP contribution in [0.25, 0.3) is 0 Å². The molecule has 1 aliphatic rings. The van der Waals surface area contributed by atoms with Gasteiger partial charge in [0.05, 0.1) is 12.0 Å². The van der Waals surface area contributed by atoms with Gasteiger partial charge in [-0.2, -0.15) is 0 Å². The second-order valence-electron chi connectivity index (χ2n) is 7.58. The van der Waals surface area contributed by atoms with Crippen LogP contribution >= 0.6 is 0 Å². The third-order valence-electron chi connectivity index (χ3n) is 2.99. The number of nitrogens with one attached hydrogen (secondary N) is 1. The molecule has 0 bridgehead atoms. The Balaban J connectivity index is 2.73. The molecule has 2 N–H and O–H groups in total. The number of carboxylic acid groups (broad SMARTS) is 1. The predicted molar refractivity (Wildman–Crippen MR) is 82.1 cm³/mol. The highest BCUT2D eigenvalue weighted by atomic mass is 16.6. The van der Waals surface area contributed by atoms with Gasteiger partial charge in [-0.1, -0.05) is 0 Å². The third-order valence-corrected chi connectivity index (χ3v) is 2.99. The summed E-state index contributed by atoms with van der Waals surface area (Å²) in [5.41, 5.74) is -1.36. The first-order valence-electron chi connectivity index (χ1n) is 7.49. The summed E-state index contributed by atoms with van der Waals surface area (Å²) in [6.07, 6.45) is -1.31. The Morgan fingerprint density at radius 1 is 1.00 bits per heavy atom. The van der Waals surface area contributed by atoms with Crippen LogP contribution < -0.4 is 5.32 Å². The minimum atomic E-state index is -1.09. The standard InChI is InChI=1S/C15H26N2O6/c1-14(2,3)22-12(20)16-10-8-17(7-9(10)11(18)19)13(21)23-15(4,5)6/h9-10H,7-8H2,1-6H3,(H,16,20)(H,18,19). The van der Waals surface area contributed by atoms with E-state index in [1.165, 1.54) is 4.90 Å². The molecule has 0 aromatic carbocycles. The molecule has 1 rings (SSSR count). The molecule has 0 aromatic heterocycles. The number of nitrogens with zero attached hydrogens (tertiary/aromatic N) is 1. The van der Waals surface area contributed by atoms with Crippen molar-refractivity contribution in [2.45, 2.75) is 58.8 Å². The molecule has 1 heterocycles. The molecule has 132 valence electrons. The molecule has 0 saturated carbocycles. The maximum Gasteiger partial charge on any atom is 0.410 e. The van der Waals surface area contributed by atoms with Crippen LogP contribution in [0.15, 0.2) is 0 Å². The second kappa shape index (κ2) is 6.64. The summed E-state index contributed by atoms with van der Waals surface area (Å²) < 4.78 is 10.4. The lowest BCUT2D eigenvalue weighted by molar-refractivity contribution is -0.141. The number of carbonyl (C=O) groups excluding carboxylic acids is 2. The summed E-state index contributed by atoms with van der Waals surface area (Å²) in [7, 11) is 0. The Morgan fingerprint density at radius 2 is 1.52 bits per heavy atom. The van der Waals surface area contributed by atoms with E-state index in [2.05, 4.69) is 5.32 Å². The number of likely N-dealkylation sites (tertiary alicyclic amines) is 1. The highest BCUT2D eigenvalue weighted by molar-refractivity contribution is 5.77. The molecule has 0 radical (unpaired) electrons. The Kier molecular flexibility index (Phi) is 5.50. The number of aliphatic carboxylic acids is 1. The molecule has 2 amide bonds. The van der Waals surface area contributed by atoms with Gasteiger partial charge in [-0.05, 0) is 41.5 Å². The molecule has 0 spiro atoms. The highest BCUT2D eigenvalue weighted by Gasteiger charge is 2.42. The molecule has 1 saturated heterocycles. The van der Waals surface area contributed by atoms with Crippen molar-refractivity contribution in [1.29, 1.82) is 0 Å². The average Bonchev–Trinajstić information content (AvgIpc) is 2.67. The molecule has 8 heteroatoms. The molecule has 23 heavy (non-hydrogen) atoms. The zero-order chi connectivity index (χ0) is 18.0. The van der Waals surface area contributed by atoms with Crippen LogP contribution in [0.4, 0.5) is 9.59 Å². The molecular formula is C15H26N2O6. The van der Waals surface area contributed by atoms with Gasteiger partial charge >= 0.3 is 18.2 Å². The third kappa shape index (κ3) is 6.33. The zero-order valence-electron chi connectivity index (χ0n) is 14.5. The van der Waals surface area contributed by atoms with E-state index in [0.717, 1.165) is 0 Å². The smallest absolute Gasteiger partial charge is 0.410 e. The number of ether oxygens (including phenoxy) is 2. The van der Waals surface area contributed by atoms with Gasteiger partial charge in [0.2, 0.25) is 0 Å². The molecule has 0 aromatic rings. The largest absolute Gasteiger partial charge is 0.481 e. The van der Waals surface area contributed by atoms with Gasteiger partial charge in [0.1, 0.15) is 11.2 Å². The van der Waals surface area contributed by atoms with E-state index < -0.39 is 41.3 Å². The summed E-state index contributed by atoms with van der Waals surface area (Å²) in [5, 5.41) is 11.8. The molecule has 2 atom stereocenters. The van der Waals surface area contributed by atoms with Crippen molar-refractivity contribution in [2.24, 2.45) is 5.92 Å². The van der Waals surface area contributed by atoms with Gasteiger partial charge in [-0.25, -0.2) is 9.59 Å². The Bertz CT molecular complexity index is 477. The summed E-state index contributed by atoms with van der Waals surface area (Å²) in [5.74, 6) is -1.99. The van der Waals surface area contributed by atoms with Crippen molar-refractivity contribution in [3.05, 3.63) is 0 Å². The number of carboxylic acids is 1. The fourth-order valence-corrected chi connectivity index (χ4v) is 2.13. The van der Waals surface area contributed by atoms with Gasteiger partial charge in [0, 0.05) is 13.1 Å². The predicted octanol–water partition coefficient (Wildman–Crippen LogP) is 1.83. The normalized spacial score (nSPS) is 21.7. The average molecular weight is 330 g/mol. The van der Waals surface area contributed by atoms with E-state index in [4.69, 9.17) is 9.47 Å². The van der Waals surface area contributed by atoms with Gasteiger partial charge in [-0.3, -0.25) is 4.79 Å². The van der Waals surface area contributed by atoms with E-state index in [-0.39, 0.29) is 13.1 Å². The number of rotatable bonds is 2. The number of hydrogen-bond acceptors (Lipinski definition) is 5. The van der Waals surface area contributed by atoms with Crippen LogP contribution in [0.2, 0.25) is 0 Å².